The van der Waals surface area contributed by atoms with Gasteiger partial charge in [0, 0.05) is 7.11 Å². The lowest BCUT2D eigenvalue weighted by molar-refractivity contribution is 0.202. The number of hydrogen-bond donors (Lipinski definition) is 2. The molecule has 0 bridgehead atoms. The normalized spacial score (nSPS) is 10.8. The van der Waals surface area contributed by atoms with Crippen molar-refractivity contribution < 1.29 is 4.74 Å². The van der Waals surface area contributed by atoms with Crippen molar-refractivity contribution in [3.05, 3.63) is 44.6 Å². The number of H-pyrrole nitrogens is 2. The molecule has 1 heterocycles. The third-order valence-corrected chi connectivity index (χ3v) is 2.43. The van der Waals surface area contributed by atoms with Crippen LogP contribution in [-0.2, 0) is 11.2 Å². The number of aromatic amines is 2. The molecular formula is C11H12N2O3. The molecule has 0 radical (unpaired) electrons. The summed E-state index contributed by atoms with van der Waals surface area (Å²) in [7, 11) is 1.61. The molecule has 2 N–H and O–H groups in total. The second-order valence-electron chi connectivity index (χ2n) is 3.49. The lowest BCUT2D eigenvalue weighted by Gasteiger charge is -2.04. The van der Waals surface area contributed by atoms with E-state index in [0.29, 0.717) is 23.9 Å². The van der Waals surface area contributed by atoms with Gasteiger partial charge in [-0.05, 0) is 18.1 Å². The van der Waals surface area contributed by atoms with Gasteiger partial charge in [-0.1, -0.05) is 12.1 Å². The highest BCUT2D eigenvalue weighted by atomic mass is 16.5. The van der Waals surface area contributed by atoms with Crippen molar-refractivity contribution in [2.24, 2.45) is 0 Å². The number of nitrogens with one attached hydrogen (secondary N) is 2. The second kappa shape index (κ2) is 4.32. The Morgan fingerprint density at radius 3 is 2.81 bits per heavy atom. The van der Waals surface area contributed by atoms with E-state index < -0.39 is 5.69 Å². The third kappa shape index (κ3) is 1.90. The van der Waals surface area contributed by atoms with Gasteiger partial charge in [0.15, 0.2) is 0 Å². The van der Waals surface area contributed by atoms with E-state index in [0.717, 1.165) is 5.56 Å². The summed E-state index contributed by atoms with van der Waals surface area (Å²) >= 11 is 0. The van der Waals surface area contributed by atoms with Crippen molar-refractivity contribution in [1.82, 2.24) is 9.97 Å². The molecule has 0 atom stereocenters. The van der Waals surface area contributed by atoms with Gasteiger partial charge in [0.2, 0.25) is 0 Å². The lowest BCUT2D eigenvalue weighted by atomic mass is 10.1. The van der Waals surface area contributed by atoms with Crippen LogP contribution in [0.15, 0.2) is 27.8 Å². The Morgan fingerprint density at radius 2 is 2.06 bits per heavy atom. The minimum absolute atomic E-state index is 0.356. The predicted molar refractivity (Wildman–Crippen MR) is 60.8 cm³/mol. The van der Waals surface area contributed by atoms with E-state index in [9.17, 15) is 9.59 Å². The van der Waals surface area contributed by atoms with Gasteiger partial charge in [-0.15, -0.1) is 0 Å². The highest BCUT2D eigenvalue weighted by Crippen LogP contribution is 2.11. The molecule has 5 heteroatoms. The molecule has 0 saturated carbocycles. The van der Waals surface area contributed by atoms with Gasteiger partial charge in [0.25, 0.3) is 5.56 Å². The molecule has 0 saturated heterocycles. The summed E-state index contributed by atoms with van der Waals surface area (Å²) in [6.07, 6.45) is 0.642. The average molecular weight is 220 g/mol. The lowest BCUT2D eigenvalue weighted by Crippen LogP contribution is -2.22. The second-order valence-corrected chi connectivity index (χ2v) is 3.49. The first-order valence-corrected chi connectivity index (χ1v) is 4.95. The zero-order valence-electron chi connectivity index (χ0n) is 8.87. The summed E-state index contributed by atoms with van der Waals surface area (Å²) in [4.78, 5) is 27.6. The SMILES string of the molecule is COCCc1cccc2[nH]c(=O)[nH]c(=O)c12. The highest BCUT2D eigenvalue weighted by Gasteiger charge is 2.05. The number of aromatic nitrogens is 2. The maximum Gasteiger partial charge on any atom is 0.326 e. The van der Waals surface area contributed by atoms with Crippen molar-refractivity contribution in [2.75, 3.05) is 13.7 Å². The van der Waals surface area contributed by atoms with Crippen LogP contribution in [0.4, 0.5) is 0 Å². The number of fused-ring (bicyclic) bond motifs is 1. The summed E-state index contributed by atoms with van der Waals surface area (Å²) in [6, 6.07) is 5.37. The standard InChI is InChI=1S/C11H12N2O3/c1-16-6-5-7-3-2-4-8-9(7)10(14)13-11(15)12-8/h2-4H,5-6H2,1H3,(H2,12,13,14,15). The topological polar surface area (TPSA) is 75.0 Å². The zero-order valence-corrected chi connectivity index (χ0v) is 8.87. The maximum atomic E-state index is 11.7. The molecule has 0 aliphatic heterocycles. The monoisotopic (exact) mass is 220 g/mol. The summed E-state index contributed by atoms with van der Waals surface area (Å²) in [5.41, 5.74) is 0.589. The molecule has 2 rings (SSSR count). The van der Waals surface area contributed by atoms with E-state index in [1.165, 1.54) is 0 Å². The van der Waals surface area contributed by atoms with Crippen molar-refractivity contribution in [2.45, 2.75) is 6.42 Å². The van der Waals surface area contributed by atoms with E-state index in [1.807, 2.05) is 12.1 Å². The Balaban J connectivity index is 2.67. The van der Waals surface area contributed by atoms with E-state index in [2.05, 4.69) is 9.97 Å². The Kier molecular flexibility index (Phi) is 2.87. The number of ether oxygens (including phenoxy) is 1. The van der Waals surface area contributed by atoms with Gasteiger partial charge >= 0.3 is 5.69 Å². The fourth-order valence-electron chi connectivity index (χ4n) is 1.71. The fourth-order valence-corrected chi connectivity index (χ4v) is 1.71. The van der Waals surface area contributed by atoms with Gasteiger partial charge < -0.3 is 9.72 Å². The third-order valence-electron chi connectivity index (χ3n) is 2.43. The van der Waals surface area contributed by atoms with Gasteiger partial charge in [0.05, 0.1) is 17.5 Å². The first-order valence-electron chi connectivity index (χ1n) is 4.95. The van der Waals surface area contributed by atoms with Crippen LogP contribution < -0.4 is 11.2 Å². The molecule has 0 fully saturated rings. The Morgan fingerprint density at radius 1 is 1.25 bits per heavy atom. The molecule has 5 nitrogen and oxygen atoms in total. The van der Waals surface area contributed by atoms with E-state index in [-0.39, 0.29) is 5.56 Å². The quantitative estimate of drug-likeness (QED) is 0.786. The van der Waals surface area contributed by atoms with Crippen LogP contribution in [0.1, 0.15) is 5.56 Å². The molecule has 0 aliphatic rings. The van der Waals surface area contributed by atoms with E-state index in [4.69, 9.17) is 4.74 Å². The van der Waals surface area contributed by atoms with Crippen LogP contribution in [0.3, 0.4) is 0 Å². The Bertz CT molecular complexity index is 612. The molecular weight excluding hydrogens is 208 g/mol. The van der Waals surface area contributed by atoms with Crippen LogP contribution in [-0.4, -0.2) is 23.7 Å². The zero-order chi connectivity index (χ0) is 11.5. The minimum atomic E-state index is -0.485. The van der Waals surface area contributed by atoms with Crippen LogP contribution in [0.25, 0.3) is 10.9 Å². The maximum absolute atomic E-state index is 11.7. The van der Waals surface area contributed by atoms with Crippen LogP contribution in [0, 0.1) is 0 Å². The van der Waals surface area contributed by atoms with Crippen molar-refractivity contribution >= 4 is 10.9 Å². The van der Waals surface area contributed by atoms with Crippen molar-refractivity contribution in [1.29, 1.82) is 0 Å². The largest absolute Gasteiger partial charge is 0.384 e. The van der Waals surface area contributed by atoms with Crippen LogP contribution >= 0.6 is 0 Å². The molecule has 84 valence electrons. The van der Waals surface area contributed by atoms with Crippen LogP contribution in [0.5, 0.6) is 0 Å². The molecule has 2 aromatic rings. The first-order chi connectivity index (χ1) is 7.72. The molecule has 1 aromatic carbocycles. The summed E-state index contributed by atoms with van der Waals surface area (Å²) in [5, 5.41) is 0.527. The van der Waals surface area contributed by atoms with E-state index >= 15 is 0 Å². The van der Waals surface area contributed by atoms with Gasteiger partial charge in [-0.25, -0.2) is 4.79 Å². The van der Waals surface area contributed by atoms with Crippen molar-refractivity contribution in [3.63, 3.8) is 0 Å². The average Bonchev–Trinajstić information content (AvgIpc) is 2.25. The Labute approximate surface area is 91.1 Å². The molecule has 0 amide bonds. The molecule has 1 aromatic heterocycles. The predicted octanol–water partition coefficient (Wildman–Crippen LogP) is 0.405. The fraction of sp³-hybridized carbons (Fsp3) is 0.273. The van der Waals surface area contributed by atoms with Crippen molar-refractivity contribution in [3.8, 4) is 0 Å². The molecule has 0 aliphatic carbocycles. The number of methoxy groups -OCH3 is 1. The smallest absolute Gasteiger partial charge is 0.326 e. The number of benzene rings is 1. The highest BCUT2D eigenvalue weighted by molar-refractivity contribution is 5.80. The van der Waals surface area contributed by atoms with Gasteiger partial charge in [-0.3, -0.25) is 9.78 Å². The summed E-state index contributed by atoms with van der Waals surface area (Å²) in [5.74, 6) is 0. The van der Waals surface area contributed by atoms with Gasteiger partial charge in [0.1, 0.15) is 0 Å². The summed E-state index contributed by atoms with van der Waals surface area (Å²) in [6.45, 7) is 0.539. The number of hydrogen-bond acceptors (Lipinski definition) is 3. The summed E-state index contributed by atoms with van der Waals surface area (Å²) < 4.78 is 4.97. The number of rotatable bonds is 3. The van der Waals surface area contributed by atoms with Gasteiger partial charge in [-0.2, -0.15) is 0 Å². The first kappa shape index (κ1) is 10.6. The molecule has 0 spiro atoms. The van der Waals surface area contributed by atoms with E-state index in [1.54, 1.807) is 13.2 Å². The Hall–Kier alpha value is -1.88. The molecule has 0 unspecified atom stereocenters. The van der Waals surface area contributed by atoms with Crippen LogP contribution in [0.2, 0.25) is 0 Å². The minimum Gasteiger partial charge on any atom is -0.384 e. The molecule has 16 heavy (non-hydrogen) atoms.